The van der Waals surface area contributed by atoms with Crippen LogP contribution in [-0.2, 0) is 19.7 Å². The van der Waals surface area contributed by atoms with Gasteiger partial charge in [0, 0.05) is 31.7 Å². The van der Waals surface area contributed by atoms with Gasteiger partial charge in [0.05, 0.1) is 12.0 Å². The molecule has 0 heterocycles. The van der Waals surface area contributed by atoms with Crippen molar-refractivity contribution < 1.29 is 14.3 Å². The maximum Gasteiger partial charge on any atom is 0.316 e. The van der Waals surface area contributed by atoms with E-state index in [0.717, 1.165) is 18.5 Å². The zero-order valence-corrected chi connectivity index (χ0v) is 16.8. The Morgan fingerprint density at radius 3 is 2.32 bits per heavy atom. The molecule has 0 N–H and O–H groups in total. The molecule has 1 aliphatic carbocycles. The van der Waals surface area contributed by atoms with Gasteiger partial charge < -0.3 is 9.47 Å². The molecule has 0 bridgehead atoms. The lowest BCUT2D eigenvalue weighted by Gasteiger charge is -2.30. The molecule has 2 atom stereocenters. The molecule has 1 fully saturated rings. The van der Waals surface area contributed by atoms with Crippen LogP contribution in [0, 0.1) is 5.92 Å². The van der Waals surface area contributed by atoms with Crippen LogP contribution in [0.25, 0.3) is 0 Å². The first-order valence-corrected chi connectivity index (χ1v) is 8.91. The van der Waals surface area contributed by atoms with Crippen LogP contribution >= 0.6 is 12.4 Å². The van der Waals surface area contributed by atoms with E-state index in [1.165, 1.54) is 0 Å². The molecule has 1 aromatic rings. The fraction of sp³-hybridized carbons (Fsp3) is 0.650. The van der Waals surface area contributed by atoms with E-state index in [9.17, 15) is 4.79 Å². The van der Waals surface area contributed by atoms with Gasteiger partial charge >= 0.3 is 5.97 Å². The number of rotatable bonds is 9. The molecule has 0 unspecified atom stereocenters. The van der Waals surface area contributed by atoms with Gasteiger partial charge in [-0.2, -0.15) is 0 Å². The van der Waals surface area contributed by atoms with Gasteiger partial charge in [-0.3, -0.25) is 9.69 Å². The monoisotopic (exact) mass is 369 g/mol. The Balaban J connectivity index is 0.00000312. The normalized spacial score (nSPS) is 22.2. The second-order valence-corrected chi connectivity index (χ2v) is 7.26. The summed E-state index contributed by atoms with van der Waals surface area (Å²) in [6.45, 7) is 10.5. The van der Waals surface area contributed by atoms with E-state index in [1.54, 1.807) is 7.11 Å². The van der Waals surface area contributed by atoms with Crippen molar-refractivity contribution in [3.8, 4) is 0 Å². The molecule has 25 heavy (non-hydrogen) atoms. The summed E-state index contributed by atoms with van der Waals surface area (Å²) in [6, 6.07) is 10.8. The Morgan fingerprint density at radius 2 is 1.80 bits per heavy atom. The number of carbonyl (C=O) groups excluding carboxylic acids is 1. The fourth-order valence-electron chi connectivity index (χ4n) is 3.67. The third-order valence-electron chi connectivity index (χ3n) is 5.04. The van der Waals surface area contributed by atoms with Gasteiger partial charge in [-0.1, -0.05) is 30.3 Å². The van der Waals surface area contributed by atoms with E-state index in [0.29, 0.717) is 25.3 Å². The lowest BCUT2D eigenvalue weighted by molar-refractivity contribution is -0.148. The van der Waals surface area contributed by atoms with E-state index < -0.39 is 5.41 Å². The highest BCUT2D eigenvalue weighted by atomic mass is 35.5. The van der Waals surface area contributed by atoms with Gasteiger partial charge in [0.2, 0.25) is 0 Å². The molecular weight excluding hydrogens is 338 g/mol. The zero-order valence-electron chi connectivity index (χ0n) is 16.0. The largest absolute Gasteiger partial charge is 0.464 e. The molecule has 5 heteroatoms. The maximum atomic E-state index is 12.8. The minimum atomic E-state index is -0.516. The van der Waals surface area contributed by atoms with Crippen molar-refractivity contribution in [1.29, 1.82) is 0 Å². The first-order chi connectivity index (χ1) is 11.4. The summed E-state index contributed by atoms with van der Waals surface area (Å²) in [4.78, 5) is 15.2. The van der Waals surface area contributed by atoms with Crippen molar-refractivity contribution in [3.05, 3.63) is 35.9 Å². The Bertz CT molecular complexity index is 527. The number of nitrogens with zero attached hydrogens (tertiary/aromatic N) is 1. The molecular formula is C20H32ClNO3. The second-order valence-electron chi connectivity index (χ2n) is 7.26. The predicted octanol–water partition coefficient (Wildman–Crippen LogP) is 3.67. The SMILES string of the molecule is COC[C@H]1C[C@]1(C(=O)OCCN(C(C)C)C(C)C)c1ccccc1.Cl. The van der Waals surface area contributed by atoms with Crippen molar-refractivity contribution in [2.45, 2.75) is 51.6 Å². The van der Waals surface area contributed by atoms with Gasteiger partial charge in [-0.05, 0) is 39.7 Å². The van der Waals surface area contributed by atoms with Gasteiger partial charge in [0.1, 0.15) is 6.61 Å². The highest BCUT2D eigenvalue weighted by molar-refractivity contribution is 5.87. The number of ether oxygens (including phenoxy) is 2. The summed E-state index contributed by atoms with van der Waals surface area (Å²) in [5, 5.41) is 0. The number of benzene rings is 1. The van der Waals surface area contributed by atoms with Gasteiger partial charge in [-0.25, -0.2) is 0 Å². The van der Waals surface area contributed by atoms with Crippen LogP contribution in [0.4, 0.5) is 0 Å². The van der Waals surface area contributed by atoms with Crippen LogP contribution < -0.4 is 0 Å². The van der Waals surface area contributed by atoms with Crippen molar-refractivity contribution in [2.24, 2.45) is 5.92 Å². The first kappa shape index (κ1) is 21.9. The van der Waals surface area contributed by atoms with Crippen molar-refractivity contribution in [1.82, 2.24) is 4.90 Å². The number of halogens is 1. The summed E-state index contributed by atoms with van der Waals surface area (Å²) in [6.07, 6.45) is 0.807. The molecule has 0 aromatic heterocycles. The Labute approximate surface area is 158 Å². The summed E-state index contributed by atoms with van der Waals surface area (Å²) in [7, 11) is 1.68. The van der Waals surface area contributed by atoms with Crippen LogP contribution in [0.3, 0.4) is 0 Å². The van der Waals surface area contributed by atoms with E-state index >= 15 is 0 Å². The number of methoxy groups -OCH3 is 1. The van der Waals surface area contributed by atoms with Gasteiger partial charge in [0.15, 0.2) is 0 Å². The third-order valence-corrected chi connectivity index (χ3v) is 5.04. The average Bonchev–Trinajstić information content (AvgIpc) is 3.27. The van der Waals surface area contributed by atoms with Crippen LogP contribution in [0.15, 0.2) is 30.3 Å². The highest BCUT2D eigenvalue weighted by Gasteiger charge is 2.62. The Kier molecular flexibility index (Phi) is 8.39. The lowest BCUT2D eigenvalue weighted by Crippen LogP contribution is -2.40. The smallest absolute Gasteiger partial charge is 0.316 e. The number of hydrogen-bond acceptors (Lipinski definition) is 4. The predicted molar refractivity (Wildman–Crippen MR) is 103 cm³/mol. The van der Waals surface area contributed by atoms with Crippen LogP contribution in [-0.4, -0.2) is 49.8 Å². The van der Waals surface area contributed by atoms with Crippen molar-refractivity contribution in [3.63, 3.8) is 0 Å². The van der Waals surface area contributed by atoms with Gasteiger partial charge in [0.25, 0.3) is 0 Å². The van der Waals surface area contributed by atoms with E-state index in [-0.39, 0.29) is 24.3 Å². The molecule has 0 saturated heterocycles. The fourth-order valence-corrected chi connectivity index (χ4v) is 3.67. The van der Waals surface area contributed by atoms with E-state index in [4.69, 9.17) is 9.47 Å². The Hall–Kier alpha value is -1.10. The molecule has 0 radical (unpaired) electrons. The molecule has 0 aliphatic heterocycles. The second kappa shape index (κ2) is 9.56. The molecule has 1 aromatic carbocycles. The Morgan fingerprint density at radius 1 is 1.20 bits per heavy atom. The summed E-state index contributed by atoms with van der Waals surface area (Å²) in [5.41, 5.74) is 0.527. The van der Waals surface area contributed by atoms with E-state index in [2.05, 4.69) is 32.6 Å². The van der Waals surface area contributed by atoms with Crippen LogP contribution in [0.2, 0.25) is 0 Å². The van der Waals surface area contributed by atoms with Crippen LogP contribution in [0.1, 0.15) is 39.7 Å². The molecule has 0 spiro atoms. The molecule has 4 nitrogen and oxygen atoms in total. The number of carbonyl (C=O) groups is 1. The number of esters is 1. The van der Waals surface area contributed by atoms with Crippen molar-refractivity contribution in [2.75, 3.05) is 26.9 Å². The maximum absolute atomic E-state index is 12.8. The van der Waals surface area contributed by atoms with Gasteiger partial charge in [-0.15, -0.1) is 12.4 Å². The minimum absolute atomic E-state index is 0. The van der Waals surface area contributed by atoms with E-state index in [1.807, 2.05) is 30.3 Å². The van der Waals surface area contributed by atoms with Crippen LogP contribution in [0.5, 0.6) is 0 Å². The minimum Gasteiger partial charge on any atom is -0.464 e. The molecule has 0 amide bonds. The zero-order chi connectivity index (χ0) is 17.7. The number of hydrogen-bond donors (Lipinski definition) is 0. The molecule has 2 rings (SSSR count). The molecule has 142 valence electrons. The average molecular weight is 370 g/mol. The highest BCUT2D eigenvalue weighted by Crippen LogP contribution is 2.55. The lowest BCUT2D eigenvalue weighted by atomic mass is 9.93. The molecule has 1 aliphatic rings. The first-order valence-electron chi connectivity index (χ1n) is 8.91. The summed E-state index contributed by atoms with van der Waals surface area (Å²) >= 11 is 0. The summed E-state index contributed by atoms with van der Waals surface area (Å²) in [5.74, 6) is 0.104. The summed E-state index contributed by atoms with van der Waals surface area (Å²) < 4.78 is 11.0. The standard InChI is InChI=1S/C20H31NO3.ClH/c1-15(2)21(16(3)4)11-12-24-19(22)20(13-18(20)14-23-5)17-9-7-6-8-10-17;/h6-10,15-16,18H,11-14H2,1-5H3;1H/t18-,20+;/m1./s1. The quantitative estimate of drug-likeness (QED) is 0.622. The third kappa shape index (κ3) is 4.96. The molecule has 1 saturated carbocycles. The van der Waals surface area contributed by atoms with Crippen molar-refractivity contribution >= 4 is 18.4 Å². The topological polar surface area (TPSA) is 38.8 Å².